The van der Waals surface area contributed by atoms with E-state index in [0.717, 1.165) is 56.0 Å². The molecular weight excluding hydrogens is 362 g/mol. The van der Waals surface area contributed by atoms with Crippen LogP contribution in [-0.4, -0.2) is 35.8 Å². The van der Waals surface area contributed by atoms with Crippen LogP contribution in [0.15, 0.2) is 36.7 Å². The molecule has 0 radical (unpaired) electrons. The van der Waals surface area contributed by atoms with Gasteiger partial charge in [0, 0.05) is 36.7 Å². The summed E-state index contributed by atoms with van der Waals surface area (Å²) >= 11 is 0. The summed E-state index contributed by atoms with van der Waals surface area (Å²) in [4.78, 5) is 9.22. The first-order chi connectivity index (χ1) is 14.1. The summed E-state index contributed by atoms with van der Waals surface area (Å²) in [5.74, 6) is 0.849. The third-order valence-electron chi connectivity index (χ3n) is 6.80. The molecule has 2 fully saturated rings. The number of hydrogen-bond donors (Lipinski definition) is 1. The van der Waals surface area contributed by atoms with Gasteiger partial charge in [0.2, 0.25) is 0 Å². The zero-order chi connectivity index (χ0) is 20.2. The zero-order valence-corrected chi connectivity index (χ0v) is 17.7. The number of nitrogens with zero attached hydrogens (tertiary/aromatic N) is 2. The highest BCUT2D eigenvalue weighted by atomic mass is 16.5. The highest BCUT2D eigenvalue weighted by molar-refractivity contribution is 5.30. The van der Waals surface area contributed by atoms with Gasteiger partial charge in [0.15, 0.2) is 0 Å². The second kappa shape index (κ2) is 8.80. The molecule has 0 amide bonds. The molecule has 1 aliphatic heterocycles. The van der Waals surface area contributed by atoms with Crippen molar-refractivity contribution in [2.45, 2.75) is 69.4 Å². The highest BCUT2D eigenvalue weighted by Crippen LogP contribution is 2.49. The number of nitrogens with one attached hydrogen (secondary N) is 1. The molecule has 2 aliphatic rings. The predicted molar refractivity (Wildman–Crippen MR) is 114 cm³/mol. The second-order valence-electron chi connectivity index (χ2n) is 8.72. The van der Waals surface area contributed by atoms with Gasteiger partial charge >= 0.3 is 0 Å². The molecule has 2 aromatic rings. The summed E-state index contributed by atoms with van der Waals surface area (Å²) < 4.78 is 11.7. The van der Waals surface area contributed by atoms with E-state index in [-0.39, 0.29) is 11.0 Å². The van der Waals surface area contributed by atoms with Crippen LogP contribution in [0.25, 0.3) is 0 Å². The van der Waals surface area contributed by atoms with E-state index in [1.807, 2.05) is 25.4 Å². The molecule has 1 saturated carbocycles. The van der Waals surface area contributed by atoms with Crippen LogP contribution in [0.1, 0.15) is 61.9 Å². The van der Waals surface area contributed by atoms with Crippen LogP contribution in [0.2, 0.25) is 0 Å². The van der Waals surface area contributed by atoms with Gasteiger partial charge in [-0.25, -0.2) is 0 Å². The van der Waals surface area contributed by atoms with Crippen molar-refractivity contribution in [3.63, 3.8) is 0 Å². The molecule has 29 heavy (non-hydrogen) atoms. The van der Waals surface area contributed by atoms with E-state index in [4.69, 9.17) is 14.5 Å². The summed E-state index contributed by atoms with van der Waals surface area (Å²) in [7, 11) is 1.70. The SMILES string of the molecule is COc1cc(CNCC[C@]2(c3ccccn3)CCOC3(CCCC3)C2)cnc1C. The second-order valence-corrected chi connectivity index (χ2v) is 8.72. The molecule has 0 bridgehead atoms. The number of pyridine rings is 2. The summed E-state index contributed by atoms with van der Waals surface area (Å²) in [5.41, 5.74) is 3.48. The highest BCUT2D eigenvalue weighted by Gasteiger charge is 2.48. The van der Waals surface area contributed by atoms with Gasteiger partial charge in [0.1, 0.15) is 5.75 Å². The first-order valence-corrected chi connectivity index (χ1v) is 10.9. The van der Waals surface area contributed by atoms with Crippen molar-refractivity contribution in [1.82, 2.24) is 15.3 Å². The van der Waals surface area contributed by atoms with E-state index in [0.29, 0.717) is 0 Å². The Morgan fingerprint density at radius 2 is 2.03 bits per heavy atom. The van der Waals surface area contributed by atoms with E-state index in [1.54, 1.807) is 7.11 Å². The summed E-state index contributed by atoms with van der Waals surface area (Å²) in [6, 6.07) is 8.42. The van der Waals surface area contributed by atoms with Crippen molar-refractivity contribution in [2.24, 2.45) is 0 Å². The molecular formula is C24H33N3O2. The van der Waals surface area contributed by atoms with Gasteiger partial charge in [-0.1, -0.05) is 18.9 Å². The van der Waals surface area contributed by atoms with Crippen LogP contribution >= 0.6 is 0 Å². The number of aromatic nitrogens is 2. The van der Waals surface area contributed by atoms with Crippen molar-refractivity contribution >= 4 is 0 Å². The van der Waals surface area contributed by atoms with Crippen molar-refractivity contribution < 1.29 is 9.47 Å². The number of aryl methyl sites for hydroxylation is 1. The van der Waals surface area contributed by atoms with Gasteiger partial charge in [-0.05, 0) is 69.3 Å². The van der Waals surface area contributed by atoms with Gasteiger partial charge in [-0.15, -0.1) is 0 Å². The largest absolute Gasteiger partial charge is 0.495 e. The molecule has 3 heterocycles. The summed E-state index contributed by atoms with van der Waals surface area (Å²) in [6.07, 6.45) is 12.1. The van der Waals surface area contributed by atoms with Crippen molar-refractivity contribution in [3.8, 4) is 5.75 Å². The number of hydrogen-bond acceptors (Lipinski definition) is 5. The molecule has 1 atom stereocenters. The zero-order valence-electron chi connectivity index (χ0n) is 17.7. The lowest BCUT2D eigenvalue weighted by atomic mass is 9.68. The molecule has 5 nitrogen and oxygen atoms in total. The van der Waals surface area contributed by atoms with Crippen LogP contribution in [0.4, 0.5) is 0 Å². The van der Waals surface area contributed by atoms with Gasteiger partial charge in [0.25, 0.3) is 0 Å². The Kier molecular flexibility index (Phi) is 6.16. The van der Waals surface area contributed by atoms with E-state index in [9.17, 15) is 0 Å². The molecule has 1 aliphatic carbocycles. The molecule has 0 unspecified atom stereocenters. The minimum Gasteiger partial charge on any atom is -0.495 e. The molecule has 0 aromatic carbocycles. The van der Waals surface area contributed by atoms with E-state index >= 15 is 0 Å². The Bertz CT molecular complexity index is 805. The summed E-state index contributed by atoms with van der Waals surface area (Å²) in [6.45, 7) is 4.55. The lowest BCUT2D eigenvalue weighted by Gasteiger charge is -2.46. The molecule has 1 N–H and O–H groups in total. The lowest BCUT2D eigenvalue weighted by Crippen LogP contribution is -2.47. The molecule has 156 valence electrons. The molecule has 1 spiro atoms. The van der Waals surface area contributed by atoms with Crippen LogP contribution in [0.3, 0.4) is 0 Å². The standard InChI is InChI=1S/C24H33N3O2/c1-19-21(28-2)15-20(17-27-19)16-25-13-10-23(22-7-3-6-12-26-22)11-14-29-24(18-23)8-4-5-9-24/h3,6-7,12,15,17,25H,4-5,8-11,13-14,16,18H2,1-2H3/t23-/m0/s1. The number of ether oxygens (including phenoxy) is 2. The summed E-state index contributed by atoms with van der Waals surface area (Å²) in [5, 5.41) is 3.63. The van der Waals surface area contributed by atoms with Gasteiger partial charge in [0.05, 0.1) is 18.4 Å². The minimum atomic E-state index is 0.0734. The average molecular weight is 396 g/mol. The Labute approximate surface area is 174 Å². The predicted octanol–water partition coefficient (Wildman–Crippen LogP) is 4.33. The maximum Gasteiger partial charge on any atom is 0.140 e. The molecule has 2 aromatic heterocycles. The maximum absolute atomic E-state index is 6.35. The first-order valence-electron chi connectivity index (χ1n) is 10.9. The Morgan fingerprint density at radius 1 is 1.17 bits per heavy atom. The van der Waals surface area contributed by atoms with Crippen LogP contribution < -0.4 is 10.1 Å². The average Bonchev–Trinajstić information content (AvgIpc) is 3.20. The van der Waals surface area contributed by atoms with E-state index in [1.165, 1.54) is 31.4 Å². The van der Waals surface area contributed by atoms with Crippen molar-refractivity contribution in [3.05, 3.63) is 53.6 Å². The number of methoxy groups -OCH3 is 1. The fourth-order valence-electron chi connectivity index (χ4n) is 5.21. The molecule has 4 rings (SSSR count). The quantitative estimate of drug-likeness (QED) is 0.707. The van der Waals surface area contributed by atoms with Crippen LogP contribution in [0, 0.1) is 6.92 Å². The molecule has 5 heteroatoms. The normalized spacial score (nSPS) is 23.4. The Hall–Kier alpha value is -1.98. The lowest BCUT2D eigenvalue weighted by molar-refractivity contribution is -0.104. The fourth-order valence-corrected chi connectivity index (χ4v) is 5.21. The van der Waals surface area contributed by atoms with Crippen molar-refractivity contribution in [1.29, 1.82) is 0 Å². The van der Waals surface area contributed by atoms with Gasteiger partial charge in [-0.2, -0.15) is 0 Å². The third-order valence-corrected chi connectivity index (χ3v) is 6.80. The maximum atomic E-state index is 6.35. The van der Waals surface area contributed by atoms with Gasteiger partial charge in [-0.3, -0.25) is 9.97 Å². The van der Waals surface area contributed by atoms with Crippen LogP contribution in [-0.2, 0) is 16.7 Å². The van der Waals surface area contributed by atoms with E-state index in [2.05, 4.69) is 28.5 Å². The Balaban J connectivity index is 1.44. The van der Waals surface area contributed by atoms with Gasteiger partial charge < -0.3 is 14.8 Å². The van der Waals surface area contributed by atoms with E-state index < -0.39 is 0 Å². The smallest absolute Gasteiger partial charge is 0.140 e. The minimum absolute atomic E-state index is 0.0734. The molecule has 1 saturated heterocycles. The third kappa shape index (κ3) is 4.46. The first kappa shape index (κ1) is 20.3. The fraction of sp³-hybridized carbons (Fsp3) is 0.583. The van der Waals surface area contributed by atoms with Crippen molar-refractivity contribution in [2.75, 3.05) is 20.3 Å². The monoisotopic (exact) mass is 395 g/mol. The van der Waals surface area contributed by atoms with Crippen LogP contribution in [0.5, 0.6) is 5.75 Å². The number of rotatable bonds is 7. The topological polar surface area (TPSA) is 56.3 Å². The Morgan fingerprint density at radius 3 is 2.79 bits per heavy atom.